The Balaban J connectivity index is 2.12. The van der Waals surface area contributed by atoms with E-state index in [9.17, 15) is 8.42 Å². The van der Waals surface area contributed by atoms with Crippen LogP contribution in [0.1, 0.15) is 45.7 Å². The van der Waals surface area contributed by atoms with E-state index in [0.29, 0.717) is 24.5 Å². The zero-order valence-corrected chi connectivity index (χ0v) is 14.1. The lowest BCUT2D eigenvalue weighted by Gasteiger charge is -2.22. The Morgan fingerprint density at radius 1 is 1.33 bits per heavy atom. The van der Waals surface area contributed by atoms with Gasteiger partial charge in [-0.2, -0.15) is 4.31 Å². The number of aromatic nitrogens is 1. The molecule has 1 saturated heterocycles. The topological polar surface area (TPSA) is 65.2 Å². The van der Waals surface area contributed by atoms with Crippen LogP contribution in [0.4, 0.5) is 0 Å². The largest absolute Gasteiger partial charge is 0.363 e. The zero-order valence-electron chi connectivity index (χ0n) is 13.3. The van der Waals surface area contributed by atoms with Crippen LogP contribution in [-0.4, -0.2) is 37.3 Å². The van der Waals surface area contributed by atoms with Crippen LogP contribution in [-0.2, 0) is 16.6 Å². The van der Waals surface area contributed by atoms with Gasteiger partial charge >= 0.3 is 0 Å². The minimum atomic E-state index is -3.37. The van der Waals surface area contributed by atoms with Crippen molar-refractivity contribution in [1.82, 2.24) is 14.6 Å². The van der Waals surface area contributed by atoms with E-state index in [0.717, 1.165) is 31.5 Å². The monoisotopic (exact) mass is 313 g/mol. The predicted molar refractivity (Wildman–Crippen MR) is 84.6 cm³/mol. The van der Waals surface area contributed by atoms with Crippen molar-refractivity contribution in [2.45, 2.75) is 51.5 Å². The second kappa shape index (κ2) is 6.50. The van der Waals surface area contributed by atoms with Gasteiger partial charge in [0.1, 0.15) is 0 Å². The maximum atomic E-state index is 12.7. The number of nitrogens with zero attached hydrogens (tertiary/aromatic N) is 1. The Labute approximate surface area is 128 Å². The summed E-state index contributed by atoms with van der Waals surface area (Å²) in [6.45, 7) is 9.23. The molecule has 1 aliphatic heterocycles. The predicted octanol–water partition coefficient (Wildman–Crippen LogP) is 2.32. The summed E-state index contributed by atoms with van der Waals surface area (Å²) in [6, 6.07) is 1.74. The van der Waals surface area contributed by atoms with Crippen molar-refractivity contribution in [3.05, 3.63) is 18.0 Å². The van der Waals surface area contributed by atoms with Gasteiger partial charge in [0.2, 0.25) is 10.0 Å². The molecule has 0 aromatic carbocycles. The third-order valence-corrected chi connectivity index (χ3v) is 6.09. The maximum Gasteiger partial charge on any atom is 0.244 e. The molecule has 2 N–H and O–H groups in total. The molecule has 0 radical (unpaired) electrons. The second-order valence-corrected chi connectivity index (χ2v) is 8.50. The first-order chi connectivity index (χ1) is 9.85. The summed E-state index contributed by atoms with van der Waals surface area (Å²) in [7, 11) is -3.37. The van der Waals surface area contributed by atoms with Gasteiger partial charge in [0.25, 0.3) is 0 Å². The molecule has 2 heterocycles. The van der Waals surface area contributed by atoms with Crippen molar-refractivity contribution in [3.8, 4) is 0 Å². The van der Waals surface area contributed by atoms with Gasteiger partial charge in [0.15, 0.2) is 0 Å². The average Bonchev–Trinajstić information content (AvgIpc) is 2.81. The van der Waals surface area contributed by atoms with Crippen molar-refractivity contribution in [2.75, 3.05) is 19.6 Å². The van der Waals surface area contributed by atoms with Crippen molar-refractivity contribution < 1.29 is 8.42 Å². The molecule has 1 aromatic rings. The van der Waals surface area contributed by atoms with Crippen molar-refractivity contribution in [2.24, 2.45) is 5.41 Å². The third kappa shape index (κ3) is 4.08. The number of aromatic amines is 1. The summed E-state index contributed by atoms with van der Waals surface area (Å²) in [4.78, 5) is 3.43. The summed E-state index contributed by atoms with van der Waals surface area (Å²) >= 11 is 0. The van der Waals surface area contributed by atoms with E-state index in [4.69, 9.17) is 0 Å². The fourth-order valence-corrected chi connectivity index (χ4v) is 4.22. The molecular formula is C15H27N3O2S. The van der Waals surface area contributed by atoms with Crippen LogP contribution >= 0.6 is 0 Å². The first kappa shape index (κ1) is 16.5. The summed E-state index contributed by atoms with van der Waals surface area (Å²) < 4.78 is 27.1. The molecule has 0 saturated carbocycles. The van der Waals surface area contributed by atoms with E-state index in [1.54, 1.807) is 16.6 Å². The standard InChI is InChI=1S/C15H27N3O2S/c1-4-16-11-13-10-14(12-17-13)21(19,20)18-8-5-6-15(2,3)7-9-18/h10,12,16-17H,4-9,11H2,1-3H3. The lowest BCUT2D eigenvalue weighted by Crippen LogP contribution is -2.32. The maximum absolute atomic E-state index is 12.7. The van der Waals surface area contributed by atoms with E-state index in [-0.39, 0.29) is 5.41 Å². The second-order valence-electron chi connectivity index (χ2n) is 6.56. The molecule has 21 heavy (non-hydrogen) atoms. The fourth-order valence-electron chi connectivity index (χ4n) is 2.72. The molecule has 0 atom stereocenters. The van der Waals surface area contributed by atoms with Gasteiger partial charge in [-0.05, 0) is 37.3 Å². The molecule has 2 rings (SSSR count). The Morgan fingerprint density at radius 2 is 2.10 bits per heavy atom. The number of rotatable bonds is 5. The molecule has 0 unspecified atom stereocenters. The Kier molecular flexibility index (Phi) is 5.11. The van der Waals surface area contributed by atoms with Crippen molar-refractivity contribution >= 4 is 10.0 Å². The van der Waals surface area contributed by atoms with E-state index >= 15 is 0 Å². The highest BCUT2D eigenvalue weighted by Gasteiger charge is 2.30. The van der Waals surface area contributed by atoms with Gasteiger partial charge in [-0.15, -0.1) is 0 Å². The molecule has 0 bridgehead atoms. The third-order valence-electron chi connectivity index (χ3n) is 4.22. The van der Waals surface area contributed by atoms with E-state index in [1.165, 1.54) is 0 Å². The smallest absolute Gasteiger partial charge is 0.244 e. The lowest BCUT2D eigenvalue weighted by atomic mass is 9.85. The Hall–Kier alpha value is -0.850. The van der Waals surface area contributed by atoms with E-state index in [1.807, 2.05) is 6.92 Å². The van der Waals surface area contributed by atoms with Crippen molar-refractivity contribution in [3.63, 3.8) is 0 Å². The zero-order chi connectivity index (χ0) is 15.5. The number of hydrogen-bond acceptors (Lipinski definition) is 3. The highest BCUT2D eigenvalue weighted by molar-refractivity contribution is 7.89. The Morgan fingerprint density at radius 3 is 2.81 bits per heavy atom. The fraction of sp³-hybridized carbons (Fsp3) is 0.733. The first-order valence-electron chi connectivity index (χ1n) is 7.73. The highest BCUT2D eigenvalue weighted by atomic mass is 32.2. The summed E-state index contributed by atoms with van der Waals surface area (Å²) in [5.74, 6) is 0. The summed E-state index contributed by atoms with van der Waals surface area (Å²) in [5.41, 5.74) is 1.14. The summed E-state index contributed by atoms with van der Waals surface area (Å²) in [5, 5.41) is 3.19. The van der Waals surface area contributed by atoms with Crippen LogP contribution in [0.25, 0.3) is 0 Å². The number of hydrogen-bond donors (Lipinski definition) is 2. The lowest BCUT2D eigenvalue weighted by molar-refractivity contribution is 0.315. The normalized spacial score (nSPS) is 20.3. The van der Waals surface area contributed by atoms with Crippen LogP contribution in [0, 0.1) is 5.41 Å². The molecular weight excluding hydrogens is 286 g/mol. The SMILES string of the molecule is CCNCc1cc(S(=O)(=O)N2CCCC(C)(C)CC2)c[nH]1. The molecule has 5 nitrogen and oxygen atoms in total. The number of sulfonamides is 1. The van der Waals surface area contributed by atoms with Crippen LogP contribution in [0.3, 0.4) is 0 Å². The van der Waals surface area contributed by atoms with Gasteiger partial charge in [-0.3, -0.25) is 0 Å². The minimum Gasteiger partial charge on any atom is -0.363 e. The van der Waals surface area contributed by atoms with Gasteiger partial charge < -0.3 is 10.3 Å². The first-order valence-corrected chi connectivity index (χ1v) is 9.17. The summed E-state index contributed by atoms with van der Waals surface area (Å²) in [6.07, 6.45) is 4.54. The van der Waals surface area contributed by atoms with E-state index < -0.39 is 10.0 Å². The molecule has 0 amide bonds. The number of nitrogens with one attached hydrogen (secondary N) is 2. The molecule has 120 valence electrons. The van der Waals surface area contributed by atoms with Crippen LogP contribution < -0.4 is 5.32 Å². The Bertz CT molecular complexity index is 563. The van der Waals surface area contributed by atoms with Gasteiger partial charge in [0.05, 0.1) is 4.90 Å². The van der Waals surface area contributed by atoms with Gasteiger partial charge in [0, 0.05) is 31.5 Å². The highest BCUT2D eigenvalue weighted by Crippen LogP contribution is 2.31. The van der Waals surface area contributed by atoms with Crippen molar-refractivity contribution in [1.29, 1.82) is 0 Å². The van der Waals surface area contributed by atoms with Crippen LogP contribution in [0.2, 0.25) is 0 Å². The molecule has 1 aliphatic rings. The van der Waals surface area contributed by atoms with E-state index in [2.05, 4.69) is 24.1 Å². The molecule has 1 aromatic heterocycles. The van der Waals surface area contributed by atoms with Crippen LogP contribution in [0.15, 0.2) is 17.2 Å². The van der Waals surface area contributed by atoms with Crippen LogP contribution in [0.5, 0.6) is 0 Å². The quantitative estimate of drug-likeness (QED) is 0.877. The molecule has 0 spiro atoms. The van der Waals surface area contributed by atoms with Gasteiger partial charge in [-0.25, -0.2) is 8.42 Å². The molecule has 0 aliphatic carbocycles. The number of H-pyrrole nitrogens is 1. The average molecular weight is 313 g/mol. The van der Waals surface area contributed by atoms with Gasteiger partial charge in [-0.1, -0.05) is 20.8 Å². The molecule has 6 heteroatoms. The minimum absolute atomic E-state index is 0.235. The molecule has 1 fully saturated rings.